The molecule has 48 heavy (non-hydrogen) atoms. The second-order valence-corrected chi connectivity index (χ2v) is 12.5. The second kappa shape index (κ2) is 15.8. The maximum atomic E-state index is 13.9. The van der Waals surface area contributed by atoms with Crippen LogP contribution in [0.5, 0.6) is 5.75 Å². The van der Waals surface area contributed by atoms with E-state index in [9.17, 15) is 26.8 Å². The van der Waals surface area contributed by atoms with Gasteiger partial charge in [-0.05, 0) is 83.4 Å². The molecular weight excluding hydrogens is 638 g/mol. The van der Waals surface area contributed by atoms with Crippen LogP contribution in [-0.2, 0) is 39.1 Å². The zero-order chi connectivity index (χ0) is 33.9. The van der Waals surface area contributed by atoms with Gasteiger partial charge in [-0.15, -0.1) is 0 Å². The number of amides is 2. The molecule has 0 aliphatic heterocycles. The molecule has 0 aliphatic carbocycles. The normalized spacial score (nSPS) is 11.7. The van der Waals surface area contributed by atoms with E-state index in [1.807, 2.05) is 36.4 Å². The van der Waals surface area contributed by atoms with Crippen LogP contribution in [-0.4, -0.2) is 42.8 Å². The molecule has 1 heterocycles. The van der Waals surface area contributed by atoms with E-state index >= 15 is 0 Å². The van der Waals surface area contributed by atoms with Crippen molar-refractivity contribution < 1.29 is 31.5 Å². The van der Waals surface area contributed by atoms with Gasteiger partial charge in [0.25, 0.3) is 15.9 Å². The van der Waals surface area contributed by atoms with Crippen molar-refractivity contribution in [2.45, 2.75) is 30.4 Å². The Labute approximate surface area is 277 Å². The van der Waals surface area contributed by atoms with E-state index in [0.29, 0.717) is 5.56 Å². The number of halogens is 2. The number of aromatic nitrogens is 1. The van der Waals surface area contributed by atoms with E-state index < -0.39 is 46.1 Å². The lowest BCUT2D eigenvalue weighted by atomic mass is 10.0. The Hall–Kier alpha value is -5.62. The third-order valence-corrected chi connectivity index (χ3v) is 8.72. The van der Waals surface area contributed by atoms with Gasteiger partial charge in [-0.3, -0.25) is 19.3 Å². The molecule has 4 aromatic carbocycles. The zero-order valence-corrected chi connectivity index (χ0v) is 26.4. The SMILES string of the molecule is O=C(NCc1cccnc1)[C@H](Cc1ccccc1)N(Cc1ccc(F)cc1)C(=O)COc1ccc(S(=O)(=O)Nc2ccc(F)cc2)cc1. The van der Waals surface area contributed by atoms with Crippen LogP contribution in [0, 0.1) is 11.6 Å². The van der Waals surface area contributed by atoms with Crippen LogP contribution in [0.4, 0.5) is 14.5 Å². The molecule has 0 aliphatic rings. The first kappa shape index (κ1) is 33.7. The van der Waals surface area contributed by atoms with Gasteiger partial charge in [0, 0.05) is 37.6 Å². The summed E-state index contributed by atoms with van der Waals surface area (Å²) in [7, 11) is -3.98. The van der Waals surface area contributed by atoms with E-state index in [-0.39, 0.29) is 35.8 Å². The standard InChI is InChI=1S/C36H32F2N4O5S/c37-29-10-8-27(9-11-29)24-42(34(21-26-5-2-1-3-6-26)36(44)40-23-28-7-4-20-39-22-28)35(43)25-47-32-16-18-33(19-17-32)48(45,46)41-31-14-12-30(38)13-15-31/h1-20,22,34,41H,21,23-25H2,(H,40,44)/t34-/m0/s1. The third kappa shape index (κ3) is 9.46. The topological polar surface area (TPSA) is 118 Å². The minimum atomic E-state index is -3.98. The summed E-state index contributed by atoms with van der Waals surface area (Å²) in [5.41, 5.74) is 2.40. The quantitative estimate of drug-likeness (QED) is 0.161. The fraction of sp³-hybridized carbons (Fsp3) is 0.139. The number of carbonyl (C=O) groups excluding carboxylic acids is 2. The van der Waals surface area contributed by atoms with Crippen molar-refractivity contribution in [1.82, 2.24) is 15.2 Å². The smallest absolute Gasteiger partial charge is 0.261 e. The molecule has 2 N–H and O–H groups in total. The van der Waals surface area contributed by atoms with E-state index in [1.54, 1.807) is 30.6 Å². The van der Waals surface area contributed by atoms with Crippen molar-refractivity contribution in [2.75, 3.05) is 11.3 Å². The summed E-state index contributed by atoms with van der Waals surface area (Å²) in [5.74, 6) is -1.64. The Bertz CT molecular complexity index is 1910. The molecule has 0 spiro atoms. The maximum Gasteiger partial charge on any atom is 0.261 e. The van der Waals surface area contributed by atoms with Crippen LogP contribution in [0.3, 0.4) is 0 Å². The molecule has 246 valence electrons. The molecular formula is C36H32F2N4O5S. The monoisotopic (exact) mass is 670 g/mol. The van der Waals surface area contributed by atoms with Crippen LogP contribution in [0.25, 0.3) is 0 Å². The van der Waals surface area contributed by atoms with Crippen molar-refractivity contribution >= 4 is 27.5 Å². The lowest BCUT2D eigenvalue weighted by Crippen LogP contribution is -2.51. The molecule has 2 amide bonds. The first-order chi connectivity index (χ1) is 23.2. The molecule has 0 bridgehead atoms. The number of ether oxygens (including phenoxy) is 1. The average Bonchev–Trinajstić information content (AvgIpc) is 3.10. The highest BCUT2D eigenvalue weighted by Crippen LogP contribution is 2.21. The summed E-state index contributed by atoms with van der Waals surface area (Å²) in [5, 5.41) is 2.91. The summed E-state index contributed by atoms with van der Waals surface area (Å²) in [6.45, 7) is -0.285. The van der Waals surface area contributed by atoms with Gasteiger partial charge >= 0.3 is 0 Å². The summed E-state index contributed by atoms with van der Waals surface area (Å²) < 4.78 is 60.7. The number of sulfonamides is 1. The van der Waals surface area contributed by atoms with Crippen molar-refractivity contribution in [3.8, 4) is 5.75 Å². The van der Waals surface area contributed by atoms with Crippen LogP contribution in [0.2, 0.25) is 0 Å². The molecule has 0 radical (unpaired) electrons. The lowest BCUT2D eigenvalue weighted by molar-refractivity contribution is -0.142. The molecule has 12 heteroatoms. The van der Waals surface area contributed by atoms with Crippen LogP contribution in [0.15, 0.2) is 133 Å². The number of rotatable bonds is 14. The number of benzene rings is 4. The first-order valence-electron chi connectivity index (χ1n) is 14.9. The van der Waals surface area contributed by atoms with Gasteiger partial charge in [-0.1, -0.05) is 48.5 Å². The highest BCUT2D eigenvalue weighted by molar-refractivity contribution is 7.92. The van der Waals surface area contributed by atoms with Crippen molar-refractivity contribution in [2.24, 2.45) is 0 Å². The highest BCUT2D eigenvalue weighted by Gasteiger charge is 2.31. The second-order valence-electron chi connectivity index (χ2n) is 10.8. The van der Waals surface area contributed by atoms with Gasteiger partial charge in [0.15, 0.2) is 6.61 Å². The van der Waals surface area contributed by atoms with Crippen molar-refractivity contribution in [3.63, 3.8) is 0 Å². The summed E-state index contributed by atoms with van der Waals surface area (Å²) >= 11 is 0. The number of hydrogen-bond donors (Lipinski definition) is 2. The van der Waals surface area contributed by atoms with Gasteiger partial charge in [0.1, 0.15) is 23.4 Å². The highest BCUT2D eigenvalue weighted by atomic mass is 32.2. The lowest BCUT2D eigenvalue weighted by Gasteiger charge is -2.31. The van der Waals surface area contributed by atoms with Crippen LogP contribution < -0.4 is 14.8 Å². The summed E-state index contributed by atoms with van der Waals surface area (Å²) in [4.78, 5) is 33.0. The Morgan fingerprint density at radius 1 is 0.771 bits per heavy atom. The van der Waals surface area contributed by atoms with E-state index in [1.165, 1.54) is 53.4 Å². The van der Waals surface area contributed by atoms with Crippen molar-refractivity contribution in [3.05, 3.63) is 156 Å². The Kier molecular flexibility index (Phi) is 11.1. The van der Waals surface area contributed by atoms with E-state index in [2.05, 4.69) is 15.0 Å². The number of nitrogens with one attached hydrogen (secondary N) is 2. The molecule has 1 aromatic heterocycles. The Morgan fingerprint density at radius 2 is 1.42 bits per heavy atom. The van der Waals surface area contributed by atoms with Crippen LogP contribution in [0.1, 0.15) is 16.7 Å². The zero-order valence-electron chi connectivity index (χ0n) is 25.6. The molecule has 9 nitrogen and oxygen atoms in total. The predicted octanol–water partition coefficient (Wildman–Crippen LogP) is 5.50. The van der Waals surface area contributed by atoms with Gasteiger partial charge in [0.2, 0.25) is 5.91 Å². The molecule has 5 rings (SSSR count). The third-order valence-electron chi connectivity index (χ3n) is 7.32. The summed E-state index contributed by atoms with van der Waals surface area (Å²) in [6.07, 6.45) is 3.46. The van der Waals surface area contributed by atoms with Crippen molar-refractivity contribution in [1.29, 1.82) is 0 Å². The molecule has 5 aromatic rings. The number of nitrogens with zero attached hydrogens (tertiary/aromatic N) is 2. The van der Waals surface area contributed by atoms with Crippen LogP contribution >= 0.6 is 0 Å². The van der Waals surface area contributed by atoms with E-state index in [0.717, 1.165) is 23.3 Å². The van der Waals surface area contributed by atoms with Gasteiger partial charge in [-0.25, -0.2) is 17.2 Å². The molecule has 0 saturated heterocycles. The number of pyridine rings is 1. The molecule has 1 atom stereocenters. The average molecular weight is 671 g/mol. The predicted molar refractivity (Wildman–Crippen MR) is 176 cm³/mol. The fourth-order valence-corrected chi connectivity index (χ4v) is 5.88. The fourth-order valence-electron chi connectivity index (χ4n) is 4.83. The number of hydrogen-bond acceptors (Lipinski definition) is 6. The minimum Gasteiger partial charge on any atom is -0.484 e. The molecule has 0 saturated carbocycles. The Morgan fingerprint density at radius 3 is 2.06 bits per heavy atom. The largest absolute Gasteiger partial charge is 0.484 e. The first-order valence-corrected chi connectivity index (χ1v) is 16.4. The molecule has 0 fully saturated rings. The van der Waals surface area contributed by atoms with Gasteiger partial charge in [0.05, 0.1) is 4.90 Å². The Balaban J connectivity index is 1.34. The number of anilines is 1. The number of carbonyl (C=O) groups is 2. The minimum absolute atomic E-state index is 0.00742. The maximum absolute atomic E-state index is 13.9. The van der Waals surface area contributed by atoms with Gasteiger partial charge < -0.3 is 15.0 Å². The van der Waals surface area contributed by atoms with Gasteiger partial charge in [-0.2, -0.15) is 0 Å². The molecule has 0 unspecified atom stereocenters. The van der Waals surface area contributed by atoms with E-state index in [4.69, 9.17) is 4.74 Å². The summed E-state index contributed by atoms with van der Waals surface area (Å²) in [6, 6.07) is 27.8.